The van der Waals surface area contributed by atoms with Crippen LogP contribution in [0.2, 0.25) is 0 Å². The first kappa shape index (κ1) is 15.4. The summed E-state index contributed by atoms with van der Waals surface area (Å²) in [6.07, 6.45) is 4.77. The monoisotopic (exact) mass is 266 g/mol. The highest BCUT2D eigenvalue weighted by Gasteiger charge is 2.27. The van der Waals surface area contributed by atoms with Gasteiger partial charge in [-0.1, -0.05) is 44.4 Å². The minimum Gasteiger partial charge on any atom is -0.493 e. The zero-order valence-corrected chi connectivity index (χ0v) is 12.8. The number of ether oxygens (including phenoxy) is 1. The van der Waals surface area contributed by atoms with Crippen LogP contribution in [-0.2, 0) is 0 Å². The van der Waals surface area contributed by atoms with E-state index in [0.717, 1.165) is 18.1 Å². The predicted molar refractivity (Wildman–Crippen MR) is 82.8 cm³/mol. The first-order chi connectivity index (χ1) is 8.65. The molecule has 18 heavy (non-hydrogen) atoms. The predicted octanol–water partition coefficient (Wildman–Crippen LogP) is 4.89. The van der Waals surface area contributed by atoms with Gasteiger partial charge in [0.1, 0.15) is 5.75 Å². The van der Waals surface area contributed by atoms with Crippen molar-refractivity contribution in [3.8, 4) is 5.75 Å². The maximum Gasteiger partial charge on any atom is 0.119 e. The van der Waals surface area contributed by atoms with Crippen LogP contribution in [0.4, 0.5) is 0 Å². The summed E-state index contributed by atoms with van der Waals surface area (Å²) in [4.78, 5) is 0. The smallest absolute Gasteiger partial charge is 0.119 e. The molecule has 102 valence electrons. The SMILES string of the molecule is CCCC(CS)(CCC)COc1ccc(C)cc1. The number of aryl methyl sites for hydroxylation is 1. The van der Waals surface area contributed by atoms with Gasteiger partial charge in [0.25, 0.3) is 0 Å². The number of hydrogen-bond donors (Lipinski definition) is 1. The molecule has 1 aromatic rings. The third kappa shape index (κ3) is 4.56. The van der Waals surface area contributed by atoms with E-state index >= 15 is 0 Å². The first-order valence-electron chi connectivity index (χ1n) is 6.96. The Labute approximate surface area is 117 Å². The normalized spacial score (nSPS) is 11.6. The largest absolute Gasteiger partial charge is 0.493 e. The number of hydrogen-bond acceptors (Lipinski definition) is 2. The molecule has 0 saturated heterocycles. The summed E-state index contributed by atoms with van der Waals surface area (Å²) in [7, 11) is 0. The molecule has 0 aliphatic heterocycles. The van der Waals surface area contributed by atoms with E-state index < -0.39 is 0 Å². The summed E-state index contributed by atoms with van der Waals surface area (Å²) in [5.74, 6) is 1.87. The maximum absolute atomic E-state index is 5.97. The van der Waals surface area contributed by atoms with Gasteiger partial charge < -0.3 is 4.74 Å². The fourth-order valence-corrected chi connectivity index (χ4v) is 2.81. The van der Waals surface area contributed by atoms with Crippen molar-refractivity contribution in [1.29, 1.82) is 0 Å². The summed E-state index contributed by atoms with van der Waals surface area (Å²) >= 11 is 4.55. The first-order valence-corrected chi connectivity index (χ1v) is 7.59. The zero-order chi connectivity index (χ0) is 13.4. The molecule has 0 saturated carbocycles. The van der Waals surface area contributed by atoms with Crippen molar-refractivity contribution < 1.29 is 4.74 Å². The van der Waals surface area contributed by atoms with Crippen LogP contribution in [0.25, 0.3) is 0 Å². The van der Waals surface area contributed by atoms with Crippen LogP contribution in [0.15, 0.2) is 24.3 Å². The second kappa shape index (κ2) is 7.73. The molecule has 0 spiro atoms. The van der Waals surface area contributed by atoms with Gasteiger partial charge in [0.15, 0.2) is 0 Å². The molecule has 1 nitrogen and oxygen atoms in total. The summed E-state index contributed by atoms with van der Waals surface area (Å²) < 4.78 is 5.97. The standard InChI is InChI=1S/C16H26OS/c1-4-10-16(13-18,11-5-2)12-17-15-8-6-14(3)7-9-15/h6-9,18H,4-5,10-13H2,1-3H3. The van der Waals surface area contributed by atoms with Crippen LogP contribution in [0.3, 0.4) is 0 Å². The zero-order valence-electron chi connectivity index (χ0n) is 11.9. The summed E-state index contributed by atoms with van der Waals surface area (Å²) in [6.45, 7) is 7.34. The Balaban J connectivity index is 2.63. The van der Waals surface area contributed by atoms with Gasteiger partial charge in [0.2, 0.25) is 0 Å². The average molecular weight is 266 g/mol. The van der Waals surface area contributed by atoms with Gasteiger partial charge in [0.05, 0.1) is 6.61 Å². The Kier molecular flexibility index (Phi) is 6.62. The Morgan fingerprint density at radius 2 is 1.61 bits per heavy atom. The molecule has 0 unspecified atom stereocenters. The molecule has 1 aromatic carbocycles. The van der Waals surface area contributed by atoms with Crippen LogP contribution in [-0.4, -0.2) is 12.4 Å². The fourth-order valence-electron chi connectivity index (χ4n) is 2.40. The molecule has 0 bridgehead atoms. The molecule has 0 fully saturated rings. The highest BCUT2D eigenvalue weighted by Crippen LogP contribution is 2.32. The van der Waals surface area contributed by atoms with Crippen molar-refractivity contribution >= 4 is 12.6 Å². The average Bonchev–Trinajstić information content (AvgIpc) is 2.38. The number of benzene rings is 1. The highest BCUT2D eigenvalue weighted by atomic mass is 32.1. The topological polar surface area (TPSA) is 9.23 Å². The maximum atomic E-state index is 5.97. The van der Waals surface area contributed by atoms with E-state index in [0.29, 0.717) is 0 Å². The third-order valence-corrected chi connectivity index (χ3v) is 4.13. The molecule has 1 rings (SSSR count). The van der Waals surface area contributed by atoms with Gasteiger partial charge in [-0.2, -0.15) is 12.6 Å². The molecular weight excluding hydrogens is 240 g/mol. The van der Waals surface area contributed by atoms with Crippen LogP contribution >= 0.6 is 12.6 Å². The van der Waals surface area contributed by atoms with Crippen LogP contribution in [0.1, 0.15) is 45.1 Å². The van der Waals surface area contributed by atoms with E-state index in [-0.39, 0.29) is 5.41 Å². The highest BCUT2D eigenvalue weighted by molar-refractivity contribution is 7.80. The molecule has 0 heterocycles. The second-order valence-corrected chi connectivity index (χ2v) is 5.58. The van der Waals surface area contributed by atoms with E-state index in [4.69, 9.17) is 4.74 Å². The van der Waals surface area contributed by atoms with Crippen molar-refractivity contribution in [2.75, 3.05) is 12.4 Å². The summed E-state index contributed by atoms with van der Waals surface area (Å²) in [5.41, 5.74) is 1.50. The van der Waals surface area contributed by atoms with Gasteiger partial charge >= 0.3 is 0 Å². The minimum atomic E-state index is 0.234. The molecule has 0 N–H and O–H groups in total. The van der Waals surface area contributed by atoms with Crippen LogP contribution < -0.4 is 4.74 Å². The van der Waals surface area contributed by atoms with Crippen LogP contribution in [0.5, 0.6) is 5.75 Å². The van der Waals surface area contributed by atoms with Crippen molar-refractivity contribution in [2.24, 2.45) is 5.41 Å². The van der Waals surface area contributed by atoms with E-state index in [1.165, 1.54) is 31.2 Å². The lowest BCUT2D eigenvalue weighted by Gasteiger charge is -2.31. The number of thiol groups is 1. The lowest BCUT2D eigenvalue weighted by molar-refractivity contribution is 0.143. The molecule has 0 aliphatic rings. The molecule has 0 aliphatic carbocycles. The second-order valence-electron chi connectivity index (χ2n) is 5.26. The lowest BCUT2D eigenvalue weighted by Crippen LogP contribution is -2.30. The molecule has 0 aromatic heterocycles. The molecule has 2 heteroatoms. The van der Waals surface area contributed by atoms with Crippen molar-refractivity contribution in [1.82, 2.24) is 0 Å². The third-order valence-electron chi connectivity index (χ3n) is 3.46. The van der Waals surface area contributed by atoms with E-state index in [1.54, 1.807) is 0 Å². The van der Waals surface area contributed by atoms with E-state index in [9.17, 15) is 0 Å². The molecular formula is C16H26OS. The van der Waals surface area contributed by atoms with Gasteiger partial charge in [-0.3, -0.25) is 0 Å². The number of rotatable bonds is 8. The molecule has 0 radical (unpaired) electrons. The Hall–Kier alpha value is -0.630. The Morgan fingerprint density at radius 1 is 1.06 bits per heavy atom. The Bertz CT molecular complexity index is 325. The summed E-state index contributed by atoms with van der Waals surface area (Å²) in [5, 5.41) is 0. The van der Waals surface area contributed by atoms with Gasteiger partial charge in [0, 0.05) is 5.41 Å². The molecule has 0 amide bonds. The van der Waals surface area contributed by atoms with Gasteiger partial charge in [-0.15, -0.1) is 0 Å². The van der Waals surface area contributed by atoms with E-state index in [1.807, 2.05) is 0 Å². The Morgan fingerprint density at radius 3 is 2.06 bits per heavy atom. The lowest BCUT2D eigenvalue weighted by atomic mass is 9.82. The van der Waals surface area contributed by atoms with E-state index in [2.05, 4.69) is 57.7 Å². The quantitative estimate of drug-likeness (QED) is 0.659. The fraction of sp³-hybridized carbons (Fsp3) is 0.625. The summed E-state index contributed by atoms with van der Waals surface area (Å²) in [6, 6.07) is 8.29. The van der Waals surface area contributed by atoms with Crippen molar-refractivity contribution in [3.05, 3.63) is 29.8 Å². The van der Waals surface area contributed by atoms with Crippen molar-refractivity contribution in [3.63, 3.8) is 0 Å². The van der Waals surface area contributed by atoms with Gasteiger partial charge in [-0.05, 0) is 37.7 Å². The molecule has 0 atom stereocenters. The minimum absolute atomic E-state index is 0.234. The van der Waals surface area contributed by atoms with Gasteiger partial charge in [-0.25, -0.2) is 0 Å². The van der Waals surface area contributed by atoms with Crippen molar-refractivity contribution in [2.45, 2.75) is 46.5 Å². The van der Waals surface area contributed by atoms with Crippen LogP contribution in [0, 0.1) is 12.3 Å².